The molecule has 2 atom stereocenters. The van der Waals surface area contributed by atoms with Crippen molar-refractivity contribution in [3.63, 3.8) is 0 Å². The zero-order valence-electron chi connectivity index (χ0n) is 6.11. The average molecular weight is 140 g/mol. The number of hydrogen-bond acceptors (Lipinski definition) is 3. The molecule has 2 heterocycles. The fourth-order valence-electron chi connectivity index (χ4n) is 1.99. The Labute approximate surface area is 60.2 Å². The Bertz CT molecular complexity index is 180. The summed E-state index contributed by atoms with van der Waals surface area (Å²) in [5, 5.41) is 6.34. The fraction of sp³-hybridized carbons (Fsp3) is 0.857. The molecule has 2 rings (SSSR count). The molecule has 0 amide bonds. The molecule has 0 aromatic carbocycles. The molecule has 56 valence electrons. The van der Waals surface area contributed by atoms with Crippen molar-refractivity contribution in [2.75, 3.05) is 7.05 Å². The highest BCUT2D eigenvalue weighted by Crippen LogP contribution is 2.31. The summed E-state index contributed by atoms with van der Waals surface area (Å²) in [4.78, 5) is 11.3. The van der Waals surface area contributed by atoms with Crippen LogP contribution in [0.3, 0.4) is 0 Å². The van der Waals surface area contributed by atoms with Crippen molar-refractivity contribution in [1.29, 1.82) is 0 Å². The maximum absolute atomic E-state index is 11.3. The van der Waals surface area contributed by atoms with E-state index in [1.807, 2.05) is 7.05 Å². The van der Waals surface area contributed by atoms with Crippen molar-refractivity contribution in [2.24, 2.45) is 0 Å². The third-order valence-corrected chi connectivity index (χ3v) is 2.65. The van der Waals surface area contributed by atoms with Crippen LogP contribution in [0.1, 0.15) is 19.3 Å². The third-order valence-electron chi connectivity index (χ3n) is 2.65. The zero-order valence-corrected chi connectivity index (χ0v) is 6.11. The van der Waals surface area contributed by atoms with Gasteiger partial charge in [0.05, 0.1) is 0 Å². The Morgan fingerprint density at radius 1 is 1.80 bits per heavy atom. The van der Waals surface area contributed by atoms with E-state index in [1.54, 1.807) is 0 Å². The second-order valence-electron chi connectivity index (χ2n) is 3.16. The van der Waals surface area contributed by atoms with Gasteiger partial charge in [0.25, 0.3) is 0 Å². The molecule has 0 unspecified atom stereocenters. The van der Waals surface area contributed by atoms with Crippen LogP contribution < -0.4 is 10.6 Å². The van der Waals surface area contributed by atoms with Gasteiger partial charge in [0.15, 0.2) is 5.78 Å². The minimum Gasteiger partial charge on any atom is -0.296 e. The standard InChI is InChI=1S/C7H12N2O/c1-8-7-3-2-5(9-7)4-6(7)10/h5,8-9H,2-4H2,1H3/t5-,7+/m1/s1. The zero-order chi connectivity index (χ0) is 7.19. The van der Waals surface area contributed by atoms with E-state index in [0.717, 1.165) is 19.3 Å². The number of likely N-dealkylation sites (N-methyl/N-ethyl adjacent to an activating group) is 1. The lowest BCUT2D eigenvalue weighted by Gasteiger charge is -2.22. The van der Waals surface area contributed by atoms with Crippen molar-refractivity contribution in [3.05, 3.63) is 0 Å². The summed E-state index contributed by atoms with van der Waals surface area (Å²) >= 11 is 0. The van der Waals surface area contributed by atoms with Crippen molar-refractivity contribution in [2.45, 2.75) is 31.0 Å². The largest absolute Gasteiger partial charge is 0.296 e. The highest BCUT2D eigenvalue weighted by atomic mass is 16.1. The summed E-state index contributed by atoms with van der Waals surface area (Å²) in [5.41, 5.74) is -0.329. The van der Waals surface area contributed by atoms with E-state index in [9.17, 15) is 4.79 Å². The Morgan fingerprint density at radius 3 is 2.90 bits per heavy atom. The molecule has 3 heteroatoms. The average Bonchev–Trinajstić information content (AvgIpc) is 2.44. The van der Waals surface area contributed by atoms with Crippen LogP contribution in [0.5, 0.6) is 0 Å². The predicted molar refractivity (Wildman–Crippen MR) is 37.6 cm³/mol. The minimum absolute atomic E-state index is 0.329. The molecule has 2 aliphatic heterocycles. The van der Waals surface area contributed by atoms with Crippen LogP contribution in [-0.4, -0.2) is 24.5 Å². The van der Waals surface area contributed by atoms with Crippen molar-refractivity contribution < 1.29 is 4.79 Å². The molecule has 2 fully saturated rings. The molecule has 0 spiro atoms. The van der Waals surface area contributed by atoms with Crippen LogP contribution in [0.4, 0.5) is 0 Å². The first-order chi connectivity index (χ1) is 4.77. The van der Waals surface area contributed by atoms with Gasteiger partial charge in [-0.1, -0.05) is 0 Å². The number of nitrogens with one attached hydrogen (secondary N) is 2. The van der Waals surface area contributed by atoms with E-state index in [2.05, 4.69) is 10.6 Å². The maximum atomic E-state index is 11.3. The molecule has 0 aromatic heterocycles. The molecular formula is C7H12N2O. The second kappa shape index (κ2) is 1.80. The number of carbonyl (C=O) groups excluding carboxylic acids is 1. The highest BCUT2D eigenvalue weighted by Gasteiger charge is 2.50. The quantitative estimate of drug-likeness (QED) is 0.522. The molecular weight excluding hydrogens is 128 g/mol. The topological polar surface area (TPSA) is 41.1 Å². The smallest absolute Gasteiger partial charge is 0.168 e. The van der Waals surface area contributed by atoms with Gasteiger partial charge in [-0.25, -0.2) is 0 Å². The van der Waals surface area contributed by atoms with Crippen LogP contribution in [0.25, 0.3) is 0 Å². The second-order valence-corrected chi connectivity index (χ2v) is 3.16. The fourth-order valence-corrected chi connectivity index (χ4v) is 1.99. The summed E-state index contributed by atoms with van der Waals surface area (Å²) in [6.07, 6.45) is 2.83. The Morgan fingerprint density at radius 2 is 2.60 bits per heavy atom. The van der Waals surface area contributed by atoms with Gasteiger partial charge >= 0.3 is 0 Å². The van der Waals surface area contributed by atoms with Crippen LogP contribution in [-0.2, 0) is 4.79 Å². The van der Waals surface area contributed by atoms with Crippen LogP contribution in [0.2, 0.25) is 0 Å². The summed E-state index contributed by atoms with van der Waals surface area (Å²) in [6.45, 7) is 0. The number of Topliss-reactive ketones (excluding diaryl/α,β-unsaturated/α-hetero) is 1. The van der Waals surface area contributed by atoms with Gasteiger partial charge in [-0.2, -0.15) is 0 Å². The van der Waals surface area contributed by atoms with E-state index in [4.69, 9.17) is 0 Å². The first kappa shape index (κ1) is 6.31. The molecule has 2 aliphatic rings. The van der Waals surface area contributed by atoms with Gasteiger partial charge in [-0.05, 0) is 19.9 Å². The Balaban J connectivity index is 2.27. The van der Waals surface area contributed by atoms with Gasteiger partial charge in [-0.15, -0.1) is 0 Å². The number of hydrogen-bond donors (Lipinski definition) is 2. The summed E-state index contributed by atoms with van der Waals surface area (Å²) < 4.78 is 0. The summed E-state index contributed by atoms with van der Waals surface area (Å²) in [5.74, 6) is 0.339. The van der Waals surface area contributed by atoms with Crippen LogP contribution >= 0.6 is 0 Å². The van der Waals surface area contributed by atoms with Crippen LogP contribution in [0, 0.1) is 0 Å². The van der Waals surface area contributed by atoms with Gasteiger partial charge in [0.1, 0.15) is 5.66 Å². The molecule has 2 bridgehead atoms. The minimum atomic E-state index is -0.329. The lowest BCUT2D eigenvalue weighted by Crippen LogP contribution is -2.53. The third kappa shape index (κ3) is 0.592. The summed E-state index contributed by atoms with van der Waals surface area (Å²) in [6, 6.07) is 0.458. The number of ketones is 1. The molecule has 2 N–H and O–H groups in total. The lowest BCUT2D eigenvalue weighted by atomic mass is 9.94. The number of fused-ring (bicyclic) bond motifs is 2. The molecule has 2 saturated heterocycles. The van der Waals surface area contributed by atoms with Gasteiger partial charge in [0, 0.05) is 12.5 Å². The van der Waals surface area contributed by atoms with Crippen molar-refractivity contribution >= 4 is 5.78 Å². The number of rotatable bonds is 1. The summed E-state index contributed by atoms with van der Waals surface area (Å²) in [7, 11) is 1.85. The van der Waals surface area contributed by atoms with E-state index in [-0.39, 0.29) is 5.66 Å². The Hall–Kier alpha value is -0.410. The van der Waals surface area contributed by atoms with Crippen molar-refractivity contribution in [3.8, 4) is 0 Å². The van der Waals surface area contributed by atoms with E-state index in [0.29, 0.717) is 11.8 Å². The van der Waals surface area contributed by atoms with E-state index < -0.39 is 0 Å². The molecule has 10 heavy (non-hydrogen) atoms. The van der Waals surface area contributed by atoms with E-state index >= 15 is 0 Å². The monoisotopic (exact) mass is 140 g/mol. The normalized spacial score (nSPS) is 44.9. The van der Waals surface area contributed by atoms with E-state index in [1.165, 1.54) is 0 Å². The van der Waals surface area contributed by atoms with Gasteiger partial charge in [-0.3, -0.25) is 15.4 Å². The van der Waals surface area contributed by atoms with Gasteiger partial charge in [0.2, 0.25) is 0 Å². The first-order valence-corrected chi connectivity index (χ1v) is 3.77. The number of carbonyl (C=O) groups is 1. The van der Waals surface area contributed by atoms with Crippen LogP contribution in [0.15, 0.2) is 0 Å². The molecule has 0 aliphatic carbocycles. The van der Waals surface area contributed by atoms with Gasteiger partial charge < -0.3 is 0 Å². The Kier molecular flexibility index (Phi) is 1.13. The maximum Gasteiger partial charge on any atom is 0.168 e. The first-order valence-electron chi connectivity index (χ1n) is 3.77. The SMILES string of the molecule is CN[C@]12CC[C@H](CC1=O)N2. The lowest BCUT2D eigenvalue weighted by molar-refractivity contribution is -0.124. The molecule has 3 nitrogen and oxygen atoms in total. The molecule has 0 aromatic rings. The highest BCUT2D eigenvalue weighted by molar-refractivity contribution is 5.91. The van der Waals surface area contributed by atoms with Crippen molar-refractivity contribution in [1.82, 2.24) is 10.6 Å². The molecule has 0 saturated carbocycles. The predicted octanol–water partition coefficient (Wildman–Crippen LogP) is -0.373. The molecule has 0 radical (unpaired) electrons.